The molecule has 1 aliphatic rings. The zero-order valence-electron chi connectivity index (χ0n) is 14.4. The average molecular weight is 389 g/mol. The number of halogens is 2. The Morgan fingerprint density at radius 1 is 1.00 bits per heavy atom. The minimum atomic E-state index is -0.355. The fourth-order valence-corrected chi connectivity index (χ4v) is 3.33. The highest BCUT2D eigenvalue weighted by Crippen LogP contribution is 2.35. The molecule has 0 spiro atoms. The molecule has 1 N–H and O–H groups in total. The Labute approximate surface area is 162 Å². The topological polar surface area (TPSA) is 49.4 Å². The van der Waals surface area contributed by atoms with Crippen LogP contribution in [0.5, 0.6) is 0 Å². The van der Waals surface area contributed by atoms with E-state index in [1.165, 1.54) is 4.90 Å². The van der Waals surface area contributed by atoms with Gasteiger partial charge in [0.1, 0.15) is 5.70 Å². The van der Waals surface area contributed by atoms with Gasteiger partial charge in [-0.3, -0.25) is 14.5 Å². The molecule has 2 aromatic carbocycles. The highest BCUT2D eigenvalue weighted by molar-refractivity contribution is 6.41. The second-order valence-electron chi connectivity index (χ2n) is 6.48. The van der Waals surface area contributed by atoms with Crippen molar-refractivity contribution in [2.75, 3.05) is 11.9 Å². The van der Waals surface area contributed by atoms with Gasteiger partial charge in [-0.25, -0.2) is 0 Å². The molecule has 2 aromatic rings. The number of carbonyl (C=O) groups is 2. The minimum Gasteiger partial charge on any atom is -0.350 e. The van der Waals surface area contributed by atoms with Crippen LogP contribution in [0.3, 0.4) is 0 Å². The van der Waals surface area contributed by atoms with E-state index < -0.39 is 0 Å². The number of para-hydroxylation sites is 1. The molecular formula is C20H18Cl2N2O2. The molecule has 4 nitrogen and oxygen atoms in total. The standard InChI is InChI=1S/C20H18Cl2N2O2/c1-12(2)11-24-19(25)17(15-9-8-13(21)10-16(15)22)18(20(24)26)23-14-6-4-3-5-7-14/h3-10,12,23H,11H2,1-2H3. The number of imide groups is 1. The molecule has 0 saturated heterocycles. The van der Waals surface area contributed by atoms with Crippen LogP contribution in [0.2, 0.25) is 10.0 Å². The van der Waals surface area contributed by atoms with Crippen molar-refractivity contribution in [1.82, 2.24) is 4.90 Å². The fraction of sp³-hybridized carbons (Fsp3) is 0.200. The molecule has 0 fully saturated rings. The maximum atomic E-state index is 13.0. The number of rotatable bonds is 5. The van der Waals surface area contributed by atoms with Crippen LogP contribution < -0.4 is 5.32 Å². The lowest BCUT2D eigenvalue weighted by Crippen LogP contribution is -2.35. The first-order chi connectivity index (χ1) is 12.4. The predicted octanol–water partition coefficient (Wildman–Crippen LogP) is 4.84. The van der Waals surface area contributed by atoms with Crippen molar-refractivity contribution in [3.8, 4) is 0 Å². The monoisotopic (exact) mass is 388 g/mol. The van der Waals surface area contributed by atoms with E-state index in [0.29, 0.717) is 22.2 Å². The number of hydrogen-bond donors (Lipinski definition) is 1. The van der Waals surface area contributed by atoms with Gasteiger partial charge >= 0.3 is 0 Å². The number of benzene rings is 2. The Hall–Kier alpha value is -2.30. The van der Waals surface area contributed by atoms with E-state index in [1.54, 1.807) is 18.2 Å². The van der Waals surface area contributed by atoms with Gasteiger partial charge in [0, 0.05) is 22.8 Å². The maximum absolute atomic E-state index is 13.0. The summed E-state index contributed by atoms with van der Waals surface area (Å²) in [6.45, 7) is 4.25. The van der Waals surface area contributed by atoms with Gasteiger partial charge in [-0.1, -0.05) is 61.3 Å². The van der Waals surface area contributed by atoms with Crippen molar-refractivity contribution in [2.45, 2.75) is 13.8 Å². The smallest absolute Gasteiger partial charge is 0.278 e. The number of amides is 2. The van der Waals surface area contributed by atoms with Gasteiger partial charge in [0.15, 0.2) is 0 Å². The quantitative estimate of drug-likeness (QED) is 0.745. The summed E-state index contributed by atoms with van der Waals surface area (Å²) >= 11 is 12.3. The average Bonchev–Trinajstić information content (AvgIpc) is 2.80. The lowest BCUT2D eigenvalue weighted by molar-refractivity contribution is -0.137. The molecule has 1 heterocycles. The molecule has 0 aromatic heterocycles. The van der Waals surface area contributed by atoms with Crippen molar-refractivity contribution < 1.29 is 9.59 Å². The number of carbonyl (C=O) groups excluding carboxylic acids is 2. The lowest BCUT2D eigenvalue weighted by Gasteiger charge is -2.17. The van der Waals surface area contributed by atoms with E-state index in [9.17, 15) is 9.59 Å². The third-order valence-corrected chi connectivity index (χ3v) is 4.51. The first kappa shape index (κ1) is 18.5. The molecule has 0 saturated carbocycles. The molecule has 0 radical (unpaired) electrons. The minimum absolute atomic E-state index is 0.154. The predicted molar refractivity (Wildman–Crippen MR) is 105 cm³/mol. The number of nitrogens with zero attached hydrogens (tertiary/aromatic N) is 1. The molecular weight excluding hydrogens is 371 g/mol. The highest BCUT2D eigenvalue weighted by atomic mass is 35.5. The van der Waals surface area contributed by atoms with Crippen LogP contribution in [-0.2, 0) is 9.59 Å². The maximum Gasteiger partial charge on any atom is 0.278 e. The summed E-state index contributed by atoms with van der Waals surface area (Å²) in [5.74, 6) is -0.555. The van der Waals surface area contributed by atoms with Crippen molar-refractivity contribution in [2.24, 2.45) is 5.92 Å². The van der Waals surface area contributed by atoms with Gasteiger partial charge in [-0.2, -0.15) is 0 Å². The number of hydrogen-bond acceptors (Lipinski definition) is 3. The van der Waals surface area contributed by atoms with Crippen LogP contribution in [0.4, 0.5) is 5.69 Å². The zero-order valence-corrected chi connectivity index (χ0v) is 15.9. The SMILES string of the molecule is CC(C)CN1C(=O)C(Nc2ccccc2)=C(c2ccc(Cl)cc2Cl)C1=O. The van der Waals surface area contributed by atoms with Gasteiger partial charge < -0.3 is 5.32 Å². The van der Waals surface area contributed by atoms with E-state index in [4.69, 9.17) is 23.2 Å². The van der Waals surface area contributed by atoms with Gasteiger partial charge in [0.25, 0.3) is 11.8 Å². The Morgan fingerprint density at radius 2 is 1.69 bits per heavy atom. The van der Waals surface area contributed by atoms with Crippen molar-refractivity contribution in [3.05, 3.63) is 69.8 Å². The molecule has 1 aliphatic heterocycles. The summed E-state index contributed by atoms with van der Waals surface area (Å²) in [6.07, 6.45) is 0. The van der Waals surface area contributed by atoms with Gasteiger partial charge in [-0.15, -0.1) is 0 Å². The highest BCUT2D eigenvalue weighted by Gasteiger charge is 2.40. The molecule has 0 unspecified atom stereocenters. The molecule has 2 amide bonds. The van der Waals surface area contributed by atoms with Gasteiger partial charge in [0.05, 0.1) is 10.6 Å². The van der Waals surface area contributed by atoms with E-state index in [0.717, 1.165) is 5.69 Å². The molecule has 0 aliphatic carbocycles. The zero-order chi connectivity index (χ0) is 18.8. The van der Waals surface area contributed by atoms with Gasteiger partial charge in [0.2, 0.25) is 0 Å². The Kier molecular flexibility index (Phi) is 5.35. The molecule has 26 heavy (non-hydrogen) atoms. The third-order valence-electron chi connectivity index (χ3n) is 3.96. The van der Waals surface area contributed by atoms with Crippen LogP contribution in [0.1, 0.15) is 19.4 Å². The van der Waals surface area contributed by atoms with Gasteiger partial charge in [-0.05, 0) is 30.2 Å². The first-order valence-corrected chi connectivity index (χ1v) is 9.02. The Balaban J connectivity index is 2.11. The molecule has 3 rings (SSSR count). The van der Waals surface area contributed by atoms with E-state index in [-0.39, 0.29) is 29.0 Å². The summed E-state index contributed by atoms with van der Waals surface area (Å²) in [4.78, 5) is 27.2. The summed E-state index contributed by atoms with van der Waals surface area (Å²) in [5.41, 5.74) is 1.70. The Morgan fingerprint density at radius 3 is 2.31 bits per heavy atom. The molecule has 6 heteroatoms. The second kappa shape index (κ2) is 7.52. The normalized spacial score (nSPS) is 14.6. The van der Waals surface area contributed by atoms with Crippen molar-refractivity contribution in [3.63, 3.8) is 0 Å². The fourth-order valence-electron chi connectivity index (χ4n) is 2.83. The van der Waals surface area contributed by atoms with Crippen LogP contribution in [-0.4, -0.2) is 23.3 Å². The summed E-state index contributed by atoms with van der Waals surface area (Å²) in [7, 11) is 0. The lowest BCUT2D eigenvalue weighted by atomic mass is 10.0. The van der Waals surface area contributed by atoms with Crippen LogP contribution in [0.15, 0.2) is 54.2 Å². The van der Waals surface area contributed by atoms with Crippen LogP contribution >= 0.6 is 23.2 Å². The van der Waals surface area contributed by atoms with Crippen LogP contribution in [0, 0.1) is 5.92 Å². The Bertz CT molecular complexity index is 892. The van der Waals surface area contributed by atoms with E-state index in [2.05, 4.69) is 5.32 Å². The summed E-state index contributed by atoms with van der Waals surface area (Å²) < 4.78 is 0. The number of nitrogens with one attached hydrogen (secondary N) is 1. The molecule has 0 atom stereocenters. The van der Waals surface area contributed by atoms with E-state index >= 15 is 0 Å². The second-order valence-corrected chi connectivity index (χ2v) is 7.32. The summed E-state index contributed by atoms with van der Waals surface area (Å²) in [6, 6.07) is 14.1. The van der Waals surface area contributed by atoms with E-state index in [1.807, 2.05) is 44.2 Å². The van der Waals surface area contributed by atoms with Crippen molar-refractivity contribution in [1.29, 1.82) is 0 Å². The van der Waals surface area contributed by atoms with Crippen LogP contribution in [0.25, 0.3) is 5.57 Å². The third kappa shape index (κ3) is 3.62. The molecule has 134 valence electrons. The first-order valence-electron chi connectivity index (χ1n) is 8.26. The molecule has 0 bridgehead atoms. The van der Waals surface area contributed by atoms with Crippen molar-refractivity contribution >= 4 is 46.3 Å². The summed E-state index contributed by atoms with van der Waals surface area (Å²) in [5, 5.41) is 3.88. The number of anilines is 1. The largest absolute Gasteiger partial charge is 0.350 e.